The van der Waals surface area contributed by atoms with E-state index in [1.54, 1.807) is 25.3 Å². The minimum absolute atomic E-state index is 0.00397. The molecule has 2 aromatic carbocycles. The van der Waals surface area contributed by atoms with Crippen molar-refractivity contribution in [3.05, 3.63) is 53.1 Å². The summed E-state index contributed by atoms with van der Waals surface area (Å²) < 4.78 is 15.4. The van der Waals surface area contributed by atoms with Gasteiger partial charge in [-0.25, -0.2) is 0 Å². The average molecular weight is 357 g/mol. The van der Waals surface area contributed by atoms with E-state index in [4.69, 9.17) is 14.2 Å². The van der Waals surface area contributed by atoms with Gasteiger partial charge in [-0.3, -0.25) is 9.59 Å². The lowest BCUT2D eigenvalue weighted by Gasteiger charge is -2.11. The number of aryl methyl sites for hydroxylation is 2. The number of nitrogens with one attached hydrogen (secondary N) is 1. The van der Waals surface area contributed by atoms with Crippen molar-refractivity contribution in [2.24, 2.45) is 0 Å². The van der Waals surface area contributed by atoms with Gasteiger partial charge >= 0.3 is 5.97 Å². The second-order valence-corrected chi connectivity index (χ2v) is 5.94. The molecule has 2 aromatic rings. The van der Waals surface area contributed by atoms with Crippen LogP contribution in [-0.4, -0.2) is 32.7 Å². The molecule has 0 aliphatic carbocycles. The van der Waals surface area contributed by atoms with E-state index >= 15 is 0 Å². The summed E-state index contributed by atoms with van der Waals surface area (Å²) in [5.41, 5.74) is 3.43. The third-order valence-electron chi connectivity index (χ3n) is 3.70. The van der Waals surface area contributed by atoms with Crippen LogP contribution in [0.4, 0.5) is 5.69 Å². The molecule has 0 saturated heterocycles. The Morgan fingerprint density at radius 3 is 2.27 bits per heavy atom. The lowest BCUT2D eigenvalue weighted by molar-refractivity contribution is -0.146. The van der Waals surface area contributed by atoms with E-state index in [9.17, 15) is 9.59 Å². The third kappa shape index (κ3) is 5.51. The fraction of sp³-hybridized carbons (Fsp3) is 0.300. The molecule has 0 unspecified atom stereocenters. The summed E-state index contributed by atoms with van der Waals surface area (Å²) in [6, 6.07) is 10.9. The molecule has 0 aliphatic rings. The van der Waals surface area contributed by atoms with E-state index in [1.165, 1.54) is 7.11 Å². The number of carbonyl (C=O) groups excluding carboxylic acids is 2. The Morgan fingerprint density at radius 1 is 0.962 bits per heavy atom. The first-order chi connectivity index (χ1) is 12.4. The van der Waals surface area contributed by atoms with Crippen molar-refractivity contribution in [1.29, 1.82) is 0 Å². The number of methoxy groups -OCH3 is 2. The number of rotatable bonds is 7. The van der Waals surface area contributed by atoms with E-state index in [0.717, 1.165) is 11.1 Å². The molecule has 0 heterocycles. The zero-order valence-electron chi connectivity index (χ0n) is 15.4. The van der Waals surface area contributed by atoms with Crippen molar-refractivity contribution in [1.82, 2.24) is 0 Å². The summed E-state index contributed by atoms with van der Waals surface area (Å²) in [5, 5.41) is 2.72. The molecule has 2 rings (SSSR count). The molecule has 0 fully saturated rings. The molecule has 6 nitrogen and oxygen atoms in total. The molecule has 6 heteroatoms. The van der Waals surface area contributed by atoms with Gasteiger partial charge in [0.25, 0.3) is 5.91 Å². The maximum absolute atomic E-state index is 12.0. The average Bonchev–Trinajstić information content (AvgIpc) is 2.59. The smallest absolute Gasteiger partial charge is 0.310 e. The Balaban J connectivity index is 1.89. The Hall–Kier alpha value is -3.02. The minimum atomic E-state index is -0.510. The van der Waals surface area contributed by atoms with Crippen molar-refractivity contribution in [3.63, 3.8) is 0 Å². The number of hydrogen-bond donors (Lipinski definition) is 1. The summed E-state index contributed by atoms with van der Waals surface area (Å²) in [7, 11) is 3.07. The van der Waals surface area contributed by atoms with E-state index in [2.05, 4.69) is 5.32 Å². The van der Waals surface area contributed by atoms with E-state index in [1.807, 2.05) is 32.0 Å². The van der Waals surface area contributed by atoms with Gasteiger partial charge in [-0.2, -0.15) is 0 Å². The van der Waals surface area contributed by atoms with E-state index in [-0.39, 0.29) is 18.9 Å². The number of amides is 1. The monoisotopic (exact) mass is 357 g/mol. The molecule has 0 bridgehead atoms. The highest BCUT2D eigenvalue weighted by molar-refractivity contribution is 5.93. The summed E-state index contributed by atoms with van der Waals surface area (Å²) >= 11 is 0. The first-order valence-electron chi connectivity index (χ1n) is 8.16. The number of carbonyl (C=O) groups is 2. The molecule has 0 atom stereocenters. The Kier molecular flexibility index (Phi) is 6.60. The van der Waals surface area contributed by atoms with Crippen LogP contribution in [0.15, 0.2) is 36.4 Å². The predicted molar refractivity (Wildman–Crippen MR) is 98.8 cm³/mol. The van der Waals surface area contributed by atoms with Crippen molar-refractivity contribution < 1.29 is 23.8 Å². The molecule has 1 amide bonds. The van der Waals surface area contributed by atoms with E-state index in [0.29, 0.717) is 22.7 Å². The number of hydrogen-bond acceptors (Lipinski definition) is 5. The zero-order valence-corrected chi connectivity index (χ0v) is 15.4. The Bertz CT molecular complexity index is 781. The Morgan fingerprint density at radius 2 is 1.65 bits per heavy atom. The highest BCUT2D eigenvalue weighted by Crippen LogP contribution is 2.25. The second-order valence-electron chi connectivity index (χ2n) is 5.94. The number of ether oxygens (including phenoxy) is 3. The lowest BCUT2D eigenvalue weighted by atomic mass is 10.1. The topological polar surface area (TPSA) is 73.9 Å². The third-order valence-corrected chi connectivity index (χ3v) is 3.70. The number of anilines is 1. The quantitative estimate of drug-likeness (QED) is 0.771. The van der Waals surface area contributed by atoms with Gasteiger partial charge in [0.1, 0.15) is 11.5 Å². The first kappa shape index (κ1) is 19.3. The van der Waals surface area contributed by atoms with Gasteiger partial charge in [-0.05, 0) is 43.2 Å². The Labute approximate surface area is 153 Å². The van der Waals surface area contributed by atoms with Gasteiger partial charge in [0.05, 0.1) is 20.6 Å². The molecule has 0 aromatic heterocycles. The maximum atomic E-state index is 12.0. The summed E-state index contributed by atoms with van der Waals surface area (Å²) in [5.74, 6) is 0.266. The first-order valence-corrected chi connectivity index (χ1v) is 8.16. The molecule has 0 saturated carbocycles. The van der Waals surface area contributed by atoms with Gasteiger partial charge in [0.15, 0.2) is 6.61 Å². The lowest BCUT2D eigenvalue weighted by Crippen LogP contribution is -2.21. The fourth-order valence-corrected chi connectivity index (χ4v) is 2.59. The molecule has 0 radical (unpaired) electrons. The van der Waals surface area contributed by atoms with Crippen LogP contribution < -0.4 is 14.8 Å². The standard InChI is InChI=1S/C20H23NO5/c1-13-7-14(2)9-16(8-13)21-19(22)12-26-20(23)10-15-5-6-17(24-3)11-18(15)25-4/h5-9,11H,10,12H2,1-4H3,(H,21,22). The molecule has 1 N–H and O–H groups in total. The largest absolute Gasteiger partial charge is 0.497 e. The van der Waals surface area contributed by atoms with Gasteiger partial charge in [0, 0.05) is 17.3 Å². The summed E-state index contributed by atoms with van der Waals surface area (Å²) in [6.07, 6.45) is 0.00397. The zero-order chi connectivity index (χ0) is 19.1. The maximum Gasteiger partial charge on any atom is 0.310 e. The summed E-state index contributed by atoms with van der Waals surface area (Å²) in [6.45, 7) is 3.56. The van der Waals surface area contributed by atoms with Crippen molar-refractivity contribution in [2.75, 3.05) is 26.1 Å². The molecule has 26 heavy (non-hydrogen) atoms. The van der Waals surface area contributed by atoms with Gasteiger partial charge in [0.2, 0.25) is 0 Å². The van der Waals surface area contributed by atoms with Crippen LogP contribution in [0.1, 0.15) is 16.7 Å². The van der Waals surface area contributed by atoms with Crippen LogP contribution in [-0.2, 0) is 20.7 Å². The van der Waals surface area contributed by atoms with Crippen LogP contribution in [0, 0.1) is 13.8 Å². The van der Waals surface area contributed by atoms with Crippen molar-refractivity contribution in [2.45, 2.75) is 20.3 Å². The van der Waals surface area contributed by atoms with Gasteiger partial charge in [-0.15, -0.1) is 0 Å². The molecule has 138 valence electrons. The second kappa shape index (κ2) is 8.89. The number of esters is 1. The molecular formula is C20H23NO5. The normalized spacial score (nSPS) is 10.2. The predicted octanol–water partition coefficient (Wildman–Crippen LogP) is 3.05. The number of benzene rings is 2. The van der Waals surface area contributed by atoms with Crippen molar-refractivity contribution >= 4 is 17.6 Å². The van der Waals surface area contributed by atoms with Crippen LogP contribution in [0.5, 0.6) is 11.5 Å². The molecule has 0 spiro atoms. The van der Waals surface area contributed by atoms with Crippen LogP contribution >= 0.6 is 0 Å². The van der Waals surface area contributed by atoms with Gasteiger partial charge in [-0.1, -0.05) is 12.1 Å². The highest BCUT2D eigenvalue weighted by Gasteiger charge is 2.13. The summed E-state index contributed by atoms with van der Waals surface area (Å²) in [4.78, 5) is 24.0. The van der Waals surface area contributed by atoms with Crippen LogP contribution in [0.25, 0.3) is 0 Å². The molecule has 0 aliphatic heterocycles. The van der Waals surface area contributed by atoms with Crippen LogP contribution in [0.2, 0.25) is 0 Å². The highest BCUT2D eigenvalue weighted by atomic mass is 16.5. The minimum Gasteiger partial charge on any atom is -0.497 e. The van der Waals surface area contributed by atoms with E-state index < -0.39 is 5.97 Å². The van der Waals surface area contributed by atoms with Gasteiger partial charge < -0.3 is 19.5 Å². The fourth-order valence-electron chi connectivity index (χ4n) is 2.59. The SMILES string of the molecule is COc1ccc(CC(=O)OCC(=O)Nc2cc(C)cc(C)c2)c(OC)c1. The van der Waals surface area contributed by atoms with Crippen LogP contribution in [0.3, 0.4) is 0 Å². The molecular weight excluding hydrogens is 334 g/mol. The van der Waals surface area contributed by atoms with Crippen molar-refractivity contribution in [3.8, 4) is 11.5 Å².